The van der Waals surface area contributed by atoms with Crippen molar-refractivity contribution in [2.75, 3.05) is 13.2 Å². The van der Waals surface area contributed by atoms with Crippen LogP contribution in [0.2, 0.25) is 0 Å². The number of esters is 2. The molecule has 0 aliphatic rings. The lowest BCUT2D eigenvalue weighted by molar-refractivity contribution is -0.166. The standard InChI is InChI=1S/C17H32O4/c1-11(2)9-20-15(18)13(5)14(17(6,7)8)16(19)21-10-12(3)4/h11-14H,9-10H2,1-8H3. The van der Waals surface area contributed by atoms with Gasteiger partial charge >= 0.3 is 11.9 Å². The van der Waals surface area contributed by atoms with Crippen LogP contribution in [0.25, 0.3) is 0 Å². The highest BCUT2D eigenvalue weighted by Crippen LogP contribution is 2.34. The Morgan fingerprint density at radius 1 is 0.810 bits per heavy atom. The summed E-state index contributed by atoms with van der Waals surface area (Å²) in [5, 5.41) is 0. The predicted molar refractivity (Wildman–Crippen MR) is 83.7 cm³/mol. The van der Waals surface area contributed by atoms with E-state index in [0.29, 0.717) is 13.2 Å². The topological polar surface area (TPSA) is 52.6 Å². The molecule has 0 aromatic heterocycles. The van der Waals surface area contributed by atoms with Gasteiger partial charge in [0.2, 0.25) is 0 Å². The number of carbonyl (C=O) groups is 2. The quantitative estimate of drug-likeness (QED) is 0.673. The van der Waals surface area contributed by atoms with Crippen LogP contribution in [-0.2, 0) is 19.1 Å². The van der Waals surface area contributed by atoms with Crippen LogP contribution in [0.1, 0.15) is 55.4 Å². The fourth-order valence-corrected chi connectivity index (χ4v) is 2.16. The second-order valence-corrected chi connectivity index (χ2v) is 7.68. The molecule has 0 saturated carbocycles. The third kappa shape index (κ3) is 7.49. The van der Waals surface area contributed by atoms with Crippen LogP contribution in [0.3, 0.4) is 0 Å². The van der Waals surface area contributed by atoms with Crippen LogP contribution >= 0.6 is 0 Å². The summed E-state index contributed by atoms with van der Waals surface area (Å²) in [4.78, 5) is 24.5. The maximum atomic E-state index is 12.3. The van der Waals surface area contributed by atoms with Gasteiger partial charge in [0.25, 0.3) is 0 Å². The molecule has 0 amide bonds. The number of rotatable bonds is 7. The zero-order valence-corrected chi connectivity index (χ0v) is 14.9. The minimum Gasteiger partial charge on any atom is -0.465 e. The van der Waals surface area contributed by atoms with E-state index in [9.17, 15) is 9.59 Å². The van der Waals surface area contributed by atoms with Crippen molar-refractivity contribution in [3.05, 3.63) is 0 Å². The Balaban J connectivity index is 4.90. The third-order valence-electron chi connectivity index (χ3n) is 3.18. The summed E-state index contributed by atoms with van der Waals surface area (Å²) >= 11 is 0. The monoisotopic (exact) mass is 300 g/mol. The summed E-state index contributed by atoms with van der Waals surface area (Å²) in [6, 6.07) is 0. The third-order valence-corrected chi connectivity index (χ3v) is 3.18. The molecule has 124 valence electrons. The number of carbonyl (C=O) groups excluding carboxylic acids is 2. The van der Waals surface area contributed by atoms with Crippen molar-refractivity contribution >= 4 is 11.9 Å². The molecule has 21 heavy (non-hydrogen) atoms. The van der Waals surface area contributed by atoms with Gasteiger partial charge in [0.1, 0.15) is 0 Å². The molecule has 4 heteroatoms. The van der Waals surface area contributed by atoms with E-state index in [-0.39, 0.29) is 29.2 Å². The molecule has 2 unspecified atom stereocenters. The summed E-state index contributed by atoms with van der Waals surface area (Å²) in [5.74, 6) is -1.10. The van der Waals surface area contributed by atoms with Gasteiger partial charge in [-0.15, -0.1) is 0 Å². The predicted octanol–water partition coefficient (Wildman–Crippen LogP) is 3.68. The Morgan fingerprint density at radius 3 is 1.52 bits per heavy atom. The molecule has 0 aliphatic heterocycles. The van der Waals surface area contributed by atoms with Gasteiger partial charge in [0.05, 0.1) is 25.0 Å². The lowest BCUT2D eigenvalue weighted by Crippen LogP contribution is -2.40. The molecule has 0 rings (SSSR count). The fraction of sp³-hybridized carbons (Fsp3) is 0.882. The van der Waals surface area contributed by atoms with Crippen molar-refractivity contribution in [3.63, 3.8) is 0 Å². The fourth-order valence-electron chi connectivity index (χ4n) is 2.16. The molecule has 0 aliphatic carbocycles. The van der Waals surface area contributed by atoms with Crippen LogP contribution in [0.15, 0.2) is 0 Å². The normalized spacial score (nSPS) is 15.0. The number of hydrogen-bond donors (Lipinski definition) is 0. The van der Waals surface area contributed by atoms with Gasteiger partial charge in [-0.1, -0.05) is 55.4 Å². The van der Waals surface area contributed by atoms with Crippen LogP contribution < -0.4 is 0 Å². The Morgan fingerprint density at radius 2 is 1.19 bits per heavy atom. The van der Waals surface area contributed by atoms with Gasteiger partial charge < -0.3 is 9.47 Å². The molecule has 0 aromatic carbocycles. The minimum absolute atomic E-state index is 0.276. The summed E-state index contributed by atoms with van der Waals surface area (Å²) in [6.45, 7) is 16.3. The minimum atomic E-state index is -0.511. The van der Waals surface area contributed by atoms with E-state index >= 15 is 0 Å². The second kappa shape index (κ2) is 8.40. The first-order valence-electron chi connectivity index (χ1n) is 7.80. The average molecular weight is 300 g/mol. The lowest BCUT2D eigenvalue weighted by atomic mass is 9.73. The zero-order chi connectivity index (χ0) is 16.8. The van der Waals surface area contributed by atoms with Gasteiger partial charge in [-0.3, -0.25) is 9.59 Å². The molecule has 0 saturated heterocycles. The maximum Gasteiger partial charge on any atom is 0.310 e. The molecule has 0 radical (unpaired) electrons. The Bertz CT molecular complexity index is 339. The Hall–Kier alpha value is -1.06. The van der Waals surface area contributed by atoms with Gasteiger partial charge in [-0.25, -0.2) is 0 Å². The van der Waals surface area contributed by atoms with E-state index in [1.165, 1.54) is 0 Å². The van der Waals surface area contributed by atoms with Crippen LogP contribution in [0.4, 0.5) is 0 Å². The van der Waals surface area contributed by atoms with E-state index < -0.39 is 11.8 Å². The van der Waals surface area contributed by atoms with Crippen molar-refractivity contribution in [3.8, 4) is 0 Å². The molecule has 0 heterocycles. The highest BCUT2D eigenvalue weighted by atomic mass is 16.5. The second-order valence-electron chi connectivity index (χ2n) is 7.68. The molecular formula is C17H32O4. The maximum absolute atomic E-state index is 12.3. The zero-order valence-electron chi connectivity index (χ0n) is 14.9. The molecule has 0 bridgehead atoms. The summed E-state index contributed by atoms with van der Waals surface area (Å²) in [7, 11) is 0. The molecule has 0 N–H and O–H groups in total. The van der Waals surface area contributed by atoms with Gasteiger partial charge in [-0.2, -0.15) is 0 Å². The largest absolute Gasteiger partial charge is 0.465 e. The lowest BCUT2D eigenvalue weighted by Gasteiger charge is -2.32. The van der Waals surface area contributed by atoms with E-state index in [1.54, 1.807) is 6.92 Å². The average Bonchev–Trinajstić information content (AvgIpc) is 2.31. The van der Waals surface area contributed by atoms with E-state index in [4.69, 9.17) is 9.47 Å². The smallest absolute Gasteiger partial charge is 0.310 e. The highest BCUT2D eigenvalue weighted by molar-refractivity contribution is 5.82. The molecule has 0 aromatic rings. The Kier molecular flexibility index (Phi) is 7.98. The van der Waals surface area contributed by atoms with Crippen LogP contribution in [0.5, 0.6) is 0 Å². The SMILES string of the molecule is CC(C)COC(=O)C(C)C(C(=O)OCC(C)C)C(C)(C)C. The van der Waals surface area contributed by atoms with Crippen molar-refractivity contribution in [1.82, 2.24) is 0 Å². The van der Waals surface area contributed by atoms with Crippen LogP contribution in [-0.4, -0.2) is 25.2 Å². The summed E-state index contributed by atoms with van der Waals surface area (Å²) in [5.41, 5.74) is -0.357. The molecule has 2 atom stereocenters. The number of ether oxygens (including phenoxy) is 2. The first-order chi connectivity index (χ1) is 9.46. The van der Waals surface area contributed by atoms with E-state index in [1.807, 2.05) is 48.5 Å². The number of hydrogen-bond acceptors (Lipinski definition) is 4. The van der Waals surface area contributed by atoms with E-state index in [0.717, 1.165) is 0 Å². The van der Waals surface area contributed by atoms with Crippen LogP contribution in [0, 0.1) is 29.1 Å². The molecule has 0 spiro atoms. The first kappa shape index (κ1) is 19.9. The molecule has 0 fully saturated rings. The van der Waals surface area contributed by atoms with Crippen molar-refractivity contribution in [2.24, 2.45) is 29.1 Å². The van der Waals surface area contributed by atoms with Gasteiger partial charge in [0.15, 0.2) is 0 Å². The van der Waals surface area contributed by atoms with E-state index in [2.05, 4.69) is 0 Å². The molecule has 4 nitrogen and oxygen atoms in total. The van der Waals surface area contributed by atoms with Crippen molar-refractivity contribution in [2.45, 2.75) is 55.4 Å². The van der Waals surface area contributed by atoms with Crippen molar-refractivity contribution < 1.29 is 19.1 Å². The van der Waals surface area contributed by atoms with Gasteiger partial charge in [-0.05, 0) is 17.3 Å². The molecular weight excluding hydrogens is 268 g/mol. The first-order valence-corrected chi connectivity index (χ1v) is 7.80. The van der Waals surface area contributed by atoms with Gasteiger partial charge in [0, 0.05) is 0 Å². The highest BCUT2D eigenvalue weighted by Gasteiger charge is 2.41. The Labute approximate surface area is 129 Å². The summed E-state index contributed by atoms with van der Waals surface area (Å²) in [6.07, 6.45) is 0. The van der Waals surface area contributed by atoms with Crippen molar-refractivity contribution in [1.29, 1.82) is 0 Å². The summed E-state index contributed by atoms with van der Waals surface area (Å²) < 4.78 is 10.6.